The van der Waals surface area contributed by atoms with Gasteiger partial charge >= 0.3 is 0 Å². The van der Waals surface area contributed by atoms with Gasteiger partial charge in [-0.3, -0.25) is 4.79 Å². The summed E-state index contributed by atoms with van der Waals surface area (Å²) >= 11 is 5.89. The number of nitrogens with one attached hydrogen (secondary N) is 2. The number of hydrogen-bond acceptors (Lipinski definition) is 3. The molecule has 1 aliphatic heterocycles. The van der Waals surface area contributed by atoms with Gasteiger partial charge in [0.2, 0.25) is 0 Å². The molecule has 0 spiro atoms. The third-order valence-electron chi connectivity index (χ3n) is 4.81. The molecule has 1 amide bonds. The molecule has 1 fully saturated rings. The molecule has 138 valence electrons. The number of quaternary nitrogens is 1. The number of carbonyl (C=O) groups excluding carboxylic acids is 1. The Labute approximate surface area is 158 Å². The van der Waals surface area contributed by atoms with Crippen molar-refractivity contribution in [1.29, 1.82) is 0 Å². The van der Waals surface area contributed by atoms with E-state index < -0.39 is 0 Å². The number of halogens is 1. The molecule has 5 nitrogen and oxygen atoms in total. The average Bonchev–Trinajstić information content (AvgIpc) is 3.10. The van der Waals surface area contributed by atoms with Gasteiger partial charge < -0.3 is 19.7 Å². The van der Waals surface area contributed by atoms with Crippen LogP contribution in [0.15, 0.2) is 42.5 Å². The smallest absolute Gasteiger partial charge is 0.279 e. The van der Waals surface area contributed by atoms with Crippen molar-refractivity contribution in [2.45, 2.75) is 18.9 Å². The zero-order valence-corrected chi connectivity index (χ0v) is 15.8. The Balaban J connectivity index is 1.72. The molecule has 1 heterocycles. The van der Waals surface area contributed by atoms with E-state index in [0.29, 0.717) is 11.6 Å². The number of benzene rings is 2. The molecule has 3 rings (SSSR count). The van der Waals surface area contributed by atoms with Crippen molar-refractivity contribution in [3.8, 4) is 11.5 Å². The van der Waals surface area contributed by atoms with Gasteiger partial charge in [0.15, 0.2) is 6.54 Å². The SMILES string of the molecule is COc1ccc(OC)c([C@@H]2CCC[NH+]2CC(=O)Nc2ccc(Cl)cc2)c1. The highest BCUT2D eigenvalue weighted by molar-refractivity contribution is 6.30. The van der Waals surface area contributed by atoms with Crippen LogP contribution in [0.5, 0.6) is 11.5 Å². The van der Waals surface area contributed by atoms with Gasteiger partial charge in [-0.2, -0.15) is 0 Å². The molecule has 6 heteroatoms. The lowest BCUT2D eigenvalue weighted by Crippen LogP contribution is -3.11. The first-order valence-corrected chi connectivity index (χ1v) is 9.10. The van der Waals surface area contributed by atoms with Crippen molar-refractivity contribution < 1.29 is 19.2 Å². The molecule has 0 saturated carbocycles. The van der Waals surface area contributed by atoms with Crippen LogP contribution in [0.4, 0.5) is 5.69 Å². The topological polar surface area (TPSA) is 52.0 Å². The second-order valence-corrected chi connectivity index (χ2v) is 6.88. The highest BCUT2D eigenvalue weighted by Gasteiger charge is 2.33. The quantitative estimate of drug-likeness (QED) is 0.816. The van der Waals surface area contributed by atoms with Crippen molar-refractivity contribution >= 4 is 23.2 Å². The average molecular weight is 376 g/mol. The highest BCUT2D eigenvalue weighted by Crippen LogP contribution is 2.31. The van der Waals surface area contributed by atoms with Crippen molar-refractivity contribution in [2.75, 3.05) is 32.6 Å². The maximum Gasteiger partial charge on any atom is 0.279 e. The van der Waals surface area contributed by atoms with E-state index in [1.54, 1.807) is 26.4 Å². The Morgan fingerprint density at radius 2 is 1.96 bits per heavy atom. The van der Waals surface area contributed by atoms with E-state index in [0.717, 1.165) is 42.1 Å². The summed E-state index contributed by atoms with van der Waals surface area (Å²) in [4.78, 5) is 13.7. The van der Waals surface area contributed by atoms with Gasteiger partial charge in [0.25, 0.3) is 5.91 Å². The lowest BCUT2D eigenvalue weighted by molar-refractivity contribution is -0.910. The first-order chi connectivity index (χ1) is 12.6. The van der Waals surface area contributed by atoms with Crippen LogP contribution in [0, 0.1) is 0 Å². The summed E-state index contributed by atoms with van der Waals surface area (Å²) in [6.45, 7) is 1.37. The van der Waals surface area contributed by atoms with Crippen LogP contribution in [0.25, 0.3) is 0 Å². The number of likely N-dealkylation sites (tertiary alicyclic amines) is 1. The second-order valence-electron chi connectivity index (χ2n) is 6.44. The van der Waals surface area contributed by atoms with Gasteiger partial charge in [0.1, 0.15) is 17.5 Å². The first-order valence-electron chi connectivity index (χ1n) is 8.72. The number of carbonyl (C=O) groups is 1. The molecule has 0 aliphatic carbocycles. The molecule has 2 N–H and O–H groups in total. The maximum atomic E-state index is 12.5. The molecular weight excluding hydrogens is 352 g/mol. The van der Waals surface area contributed by atoms with E-state index in [-0.39, 0.29) is 11.9 Å². The highest BCUT2D eigenvalue weighted by atomic mass is 35.5. The normalized spacial score (nSPS) is 19.2. The summed E-state index contributed by atoms with van der Waals surface area (Å²) in [6.07, 6.45) is 2.10. The number of hydrogen-bond donors (Lipinski definition) is 2. The van der Waals surface area contributed by atoms with Gasteiger partial charge in [0, 0.05) is 23.6 Å². The van der Waals surface area contributed by atoms with Gasteiger partial charge in [0.05, 0.1) is 26.3 Å². The van der Waals surface area contributed by atoms with E-state index in [9.17, 15) is 4.79 Å². The molecule has 0 radical (unpaired) electrons. The van der Waals surface area contributed by atoms with Crippen LogP contribution < -0.4 is 19.7 Å². The van der Waals surface area contributed by atoms with Crippen LogP contribution in [-0.2, 0) is 4.79 Å². The summed E-state index contributed by atoms with van der Waals surface area (Å²) in [5.74, 6) is 1.64. The number of rotatable bonds is 6. The zero-order valence-electron chi connectivity index (χ0n) is 15.0. The second kappa shape index (κ2) is 8.43. The Morgan fingerprint density at radius 3 is 2.65 bits per heavy atom. The lowest BCUT2D eigenvalue weighted by Gasteiger charge is -2.23. The molecule has 1 saturated heterocycles. The van der Waals surface area contributed by atoms with Gasteiger partial charge in [-0.1, -0.05) is 11.6 Å². The summed E-state index contributed by atoms with van der Waals surface area (Å²) in [5.41, 5.74) is 1.85. The minimum atomic E-state index is -0.00362. The predicted octanol–water partition coefficient (Wildman–Crippen LogP) is 2.72. The van der Waals surface area contributed by atoms with Crippen LogP contribution in [0.2, 0.25) is 5.02 Å². The Kier molecular flexibility index (Phi) is 6.01. The number of methoxy groups -OCH3 is 2. The molecule has 2 aromatic carbocycles. The fraction of sp³-hybridized carbons (Fsp3) is 0.350. The number of anilines is 1. The number of amides is 1. The van der Waals surface area contributed by atoms with Crippen molar-refractivity contribution in [3.63, 3.8) is 0 Å². The minimum Gasteiger partial charge on any atom is -0.497 e. The standard InChI is InChI=1S/C20H23ClN2O3/c1-25-16-9-10-19(26-2)17(12-16)18-4-3-11-23(18)13-20(24)22-15-7-5-14(21)6-8-15/h5-10,12,18H,3-4,11,13H2,1-2H3,(H,22,24)/p+1/t18-/m0/s1. The summed E-state index contributed by atoms with van der Waals surface area (Å²) in [7, 11) is 3.33. The van der Waals surface area contributed by atoms with E-state index in [4.69, 9.17) is 21.1 Å². The lowest BCUT2D eigenvalue weighted by atomic mass is 10.0. The summed E-state index contributed by atoms with van der Waals surface area (Å²) in [6, 6.07) is 13.2. The van der Waals surface area contributed by atoms with Crippen LogP contribution in [0.3, 0.4) is 0 Å². The van der Waals surface area contributed by atoms with Crippen LogP contribution in [-0.4, -0.2) is 33.2 Å². The van der Waals surface area contributed by atoms with Crippen molar-refractivity contribution in [2.24, 2.45) is 0 Å². The summed E-state index contributed by atoms with van der Waals surface area (Å²) in [5, 5.41) is 3.60. The fourth-order valence-corrected chi connectivity index (χ4v) is 3.68. The largest absolute Gasteiger partial charge is 0.497 e. The molecule has 0 bridgehead atoms. The maximum absolute atomic E-state index is 12.5. The molecule has 26 heavy (non-hydrogen) atoms. The molecule has 1 aliphatic rings. The van der Waals surface area contributed by atoms with Crippen LogP contribution >= 0.6 is 11.6 Å². The molecule has 1 unspecified atom stereocenters. The monoisotopic (exact) mass is 375 g/mol. The molecule has 2 aromatic rings. The molecular formula is C20H24ClN2O3+. The van der Waals surface area contributed by atoms with Gasteiger partial charge in [-0.15, -0.1) is 0 Å². The van der Waals surface area contributed by atoms with Gasteiger partial charge in [-0.25, -0.2) is 0 Å². The Hall–Kier alpha value is -2.24. The van der Waals surface area contributed by atoms with E-state index in [2.05, 4.69) is 5.32 Å². The third kappa shape index (κ3) is 4.29. The predicted molar refractivity (Wildman–Crippen MR) is 102 cm³/mol. The van der Waals surface area contributed by atoms with E-state index in [1.807, 2.05) is 30.3 Å². The zero-order chi connectivity index (χ0) is 18.5. The first kappa shape index (κ1) is 18.5. The molecule has 2 atom stereocenters. The van der Waals surface area contributed by atoms with Gasteiger partial charge in [-0.05, 0) is 42.5 Å². The Morgan fingerprint density at radius 1 is 1.19 bits per heavy atom. The van der Waals surface area contributed by atoms with Crippen molar-refractivity contribution in [3.05, 3.63) is 53.1 Å². The molecule has 0 aromatic heterocycles. The van der Waals surface area contributed by atoms with Crippen molar-refractivity contribution in [1.82, 2.24) is 0 Å². The minimum absolute atomic E-state index is 0.00362. The van der Waals surface area contributed by atoms with Crippen LogP contribution in [0.1, 0.15) is 24.4 Å². The summed E-state index contributed by atoms with van der Waals surface area (Å²) < 4.78 is 10.9. The van der Waals surface area contributed by atoms with E-state index >= 15 is 0 Å². The fourth-order valence-electron chi connectivity index (χ4n) is 3.55. The third-order valence-corrected chi connectivity index (χ3v) is 5.06. The number of ether oxygens (including phenoxy) is 2. The van der Waals surface area contributed by atoms with E-state index in [1.165, 1.54) is 4.90 Å². The Bertz CT molecular complexity index is 764.